The van der Waals surface area contributed by atoms with Gasteiger partial charge in [-0.25, -0.2) is 0 Å². The zero-order valence-corrected chi connectivity index (χ0v) is 10.7. The van der Waals surface area contributed by atoms with Crippen molar-refractivity contribution in [3.05, 3.63) is 40.6 Å². The van der Waals surface area contributed by atoms with E-state index in [1.165, 1.54) is 12.8 Å². The fourth-order valence-electron chi connectivity index (χ4n) is 2.41. The summed E-state index contributed by atoms with van der Waals surface area (Å²) >= 11 is 0. The van der Waals surface area contributed by atoms with Crippen LogP contribution in [0.25, 0.3) is 10.9 Å². The molecule has 0 aliphatic heterocycles. The minimum absolute atomic E-state index is 0.123. The second kappa shape index (κ2) is 4.50. The van der Waals surface area contributed by atoms with Crippen molar-refractivity contribution in [2.24, 2.45) is 5.92 Å². The van der Waals surface area contributed by atoms with E-state index in [-0.39, 0.29) is 16.7 Å². The van der Waals surface area contributed by atoms with Gasteiger partial charge < -0.3 is 5.32 Å². The summed E-state index contributed by atoms with van der Waals surface area (Å²) in [6.45, 7) is 2.08. The van der Waals surface area contributed by atoms with Gasteiger partial charge in [-0.15, -0.1) is 0 Å². The van der Waals surface area contributed by atoms with E-state index in [1.807, 2.05) is 6.07 Å². The van der Waals surface area contributed by atoms with Crippen LogP contribution in [-0.2, 0) is 0 Å². The van der Waals surface area contributed by atoms with E-state index in [2.05, 4.69) is 17.2 Å². The molecule has 98 valence electrons. The van der Waals surface area contributed by atoms with Crippen LogP contribution < -0.4 is 5.32 Å². The molecule has 1 aromatic heterocycles. The van der Waals surface area contributed by atoms with E-state index >= 15 is 0 Å². The number of nitro groups is 1. The highest BCUT2D eigenvalue weighted by atomic mass is 16.6. The molecule has 1 atom stereocenters. The Balaban J connectivity index is 2.07. The largest absolute Gasteiger partial charge is 0.377 e. The molecule has 1 unspecified atom stereocenters. The molecule has 1 fully saturated rings. The second-order valence-electron chi connectivity index (χ2n) is 5.06. The highest BCUT2D eigenvalue weighted by Crippen LogP contribution is 2.37. The van der Waals surface area contributed by atoms with Gasteiger partial charge >= 0.3 is 5.69 Å². The van der Waals surface area contributed by atoms with Crippen LogP contribution in [0.4, 0.5) is 11.4 Å². The van der Waals surface area contributed by atoms with Crippen molar-refractivity contribution in [2.45, 2.75) is 25.8 Å². The summed E-state index contributed by atoms with van der Waals surface area (Å²) < 4.78 is 0. The fraction of sp³-hybridized carbons (Fsp3) is 0.357. The maximum Gasteiger partial charge on any atom is 0.301 e. The molecule has 0 spiro atoms. The summed E-state index contributed by atoms with van der Waals surface area (Å²) in [7, 11) is 0. The van der Waals surface area contributed by atoms with Gasteiger partial charge in [0.05, 0.1) is 15.8 Å². The molecule has 1 aliphatic carbocycles. The van der Waals surface area contributed by atoms with Gasteiger partial charge in [0.25, 0.3) is 0 Å². The molecule has 1 aromatic carbocycles. The summed E-state index contributed by atoms with van der Waals surface area (Å²) in [5.41, 5.74) is 1.36. The lowest BCUT2D eigenvalue weighted by Gasteiger charge is -2.15. The average Bonchev–Trinajstić information content (AvgIpc) is 3.22. The molecule has 3 rings (SSSR count). The standard InChI is InChI=1S/C14H15N3O2/c1-9(10-4-5-10)16-13-7-6-12-11(3-2-8-15-12)14(13)17(18)19/h2-3,6-10,16H,4-5H2,1H3. The first-order valence-electron chi connectivity index (χ1n) is 6.45. The molecule has 0 bridgehead atoms. The highest BCUT2D eigenvalue weighted by Gasteiger charge is 2.29. The minimum atomic E-state index is -0.327. The smallest absolute Gasteiger partial charge is 0.301 e. The van der Waals surface area contributed by atoms with E-state index in [1.54, 1.807) is 24.4 Å². The van der Waals surface area contributed by atoms with Gasteiger partial charge in [0.15, 0.2) is 0 Å². The van der Waals surface area contributed by atoms with Crippen LogP contribution in [0.5, 0.6) is 0 Å². The minimum Gasteiger partial charge on any atom is -0.377 e. The first-order chi connectivity index (χ1) is 9.16. The molecule has 1 saturated carbocycles. The number of aromatic nitrogens is 1. The monoisotopic (exact) mass is 257 g/mol. The van der Waals surface area contributed by atoms with Crippen LogP contribution in [0.1, 0.15) is 19.8 Å². The lowest BCUT2D eigenvalue weighted by atomic mass is 10.1. The predicted molar refractivity (Wildman–Crippen MR) is 74.2 cm³/mol. The first kappa shape index (κ1) is 11.9. The molecule has 19 heavy (non-hydrogen) atoms. The van der Waals surface area contributed by atoms with Gasteiger partial charge in [-0.3, -0.25) is 15.1 Å². The van der Waals surface area contributed by atoms with Crippen molar-refractivity contribution in [3.8, 4) is 0 Å². The Morgan fingerprint density at radius 1 is 1.42 bits per heavy atom. The molecule has 1 N–H and O–H groups in total. The van der Waals surface area contributed by atoms with Crippen molar-refractivity contribution >= 4 is 22.3 Å². The molecule has 5 heteroatoms. The Kier molecular flexibility index (Phi) is 2.81. The Bertz CT molecular complexity index is 638. The van der Waals surface area contributed by atoms with Crippen LogP contribution in [0.3, 0.4) is 0 Å². The van der Waals surface area contributed by atoms with Gasteiger partial charge in [-0.2, -0.15) is 0 Å². The van der Waals surface area contributed by atoms with Gasteiger partial charge in [-0.1, -0.05) is 0 Å². The van der Waals surface area contributed by atoms with Gasteiger partial charge in [0, 0.05) is 12.2 Å². The lowest BCUT2D eigenvalue weighted by molar-refractivity contribution is -0.382. The maximum absolute atomic E-state index is 11.3. The number of pyridine rings is 1. The molecule has 1 aliphatic rings. The van der Waals surface area contributed by atoms with Crippen LogP contribution in [-0.4, -0.2) is 15.9 Å². The van der Waals surface area contributed by atoms with E-state index in [9.17, 15) is 10.1 Å². The number of nitrogens with zero attached hydrogens (tertiary/aromatic N) is 2. The molecule has 5 nitrogen and oxygen atoms in total. The van der Waals surface area contributed by atoms with E-state index in [0.29, 0.717) is 22.5 Å². The summed E-state index contributed by atoms with van der Waals surface area (Å²) in [5, 5.41) is 15.2. The summed E-state index contributed by atoms with van der Waals surface area (Å²) in [5.74, 6) is 0.643. The molecule has 2 aromatic rings. The number of hydrogen-bond donors (Lipinski definition) is 1. The fourth-order valence-corrected chi connectivity index (χ4v) is 2.41. The Hall–Kier alpha value is -2.17. The second-order valence-corrected chi connectivity index (χ2v) is 5.06. The number of nitro benzene ring substituents is 1. The van der Waals surface area contributed by atoms with Crippen molar-refractivity contribution in [2.75, 3.05) is 5.32 Å². The van der Waals surface area contributed by atoms with Crippen LogP contribution in [0.2, 0.25) is 0 Å². The average molecular weight is 257 g/mol. The first-order valence-corrected chi connectivity index (χ1v) is 6.45. The third-order valence-corrected chi connectivity index (χ3v) is 3.65. The van der Waals surface area contributed by atoms with Crippen LogP contribution in [0, 0.1) is 16.0 Å². The zero-order chi connectivity index (χ0) is 13.4. The third-order valence-electron chi connectivity index (χ3n) is 3.65. The lowest BCUT2D eigenvalue weighted by Crippen LogP contribution is -2.18. The van der Waals surface area contributed by atoms with Crippen LogP contribution in [0.15, 0.2) is 30.5 Å². The molecular weight excluding hydrogens is 242 g/mol. The Morgan fingerprint density at radius 3 is 2.89 bits per heavy atom. The van der Waals surface area contributed by atoms with Crippen molar-refractivity contribution in [1.82, 2.24) is 4.98 Å². The third kappa shape index (κ3) is 2.23. The normalized spacial score (nSPS) is 16.3. The van der Waals surface area contributed by atoms with E-state index in [4.69, 9.17) is 0 Å². The summed E-state index contributed by atoms with van der Waals surface area (Å²) in [6, 6.07) is 7.32. The molecule has 0 amide bonds. The number of rotatable bonds is 4. The van der Waals surface area contributed by atoms with Gasteiger partial charge in [0.1, 0.15) is 5.69 Å². The number of fused-ring (bicyclic) bond motifs is 1. The SMILES string of the molecule is CC(Nc1ccc2ncccc2c1[N+](=O)[O-])C1CC1. The van der Waals surface area contributed by atoms with E-state index in [0.717, 1.165) is 0 Å². The maximum atomic E-state index is 11.3. The van der Waals surface area contributed by atoms with Crippen molar-refractivity contribution in [3.63, 3.8) is 0 Å². The number of nitrogens with one attached hydrogen (secondary N) is 1. The molecule has 0 radical (unpaired) electrons. The van der Waals surface area contributed by atoms with Gasteiger partial charge in [-0.05, 0) is 49.9 Å². The quantitative estimate of drug-likeness (QED) is 0.673. The number of anilines is 1. The van der Waals surface area contributed by atoms with Crippen molar-refractivity contribution < 1.29 is 4.92 Å². The van der Waals surface area contributed by atoms with Gasteiger partial charge in [0.2, 0.25) is 0 Å². The Morgan fingerprint density at radius 2 is 2.21 bits per heavy atom. The Labute approximate surface area is 110 Å². The number of hydrogen-bond acceptors (Lipinski definition) is 4. The van der Waals surface area contributed by atoms with E-state index < -0.39 is 0 Å². The van der Waals surface area contributed by atoms with Crippen molar-refractivity contribution in [1.29, 1.82) is 0 Å². The molecular formula is C14H15N3O2. The van der Waals surface area contributed by atoms with Crippen LogP contribution >= 0.6 is 0 Å². The predicted octanol–water partition coefficient (Wildman–Crippen LogP) is 3.35. The highest BCUT2D eigenvalue weighted by molar-refractivity contribution is 5.94. The number of benzene rings is 1. The summed E-state index contributed by atoms with van der Waals surface area (Å²) in [4.78, 5) is 15.2. The molecule has 0 saturated heterocycles. The summed E-state index contributed by atoms with van der Waals surface area (Å²) in [6.07, 6.45) is 4.06. The zero-order valence-electron chi connectivity index (χ0n) is 10.7. The molecule has 1 heterocycles. The topological polar surface area (TPSA) is 68.1 Å².